The molecule has 0 unspecified atom stereocenters. The van der Waals surface area contributed by atoms with Crippen molar-refractivity contribution in [1.29, 1.82) is 0 Å². The van der Waals surface area contributed by atoms with Gasteiger partial charge in [-0.3, -0.25) is 4.79 Å². The first-order chi connectivity index (χ1) is 9.69. The van der Waals surface area contributed by atoms with Crippen molar-refractivity contribution in [2.24, 2.45) is 5.73 Å². The highest BCUT2D eigenvalue weighted by Crippen LogP contribution is 2.16. The van der Waals surface area contributed by atoms with Gasteiger partial charge in [-0.15, -0.1) is 0 Å². The van der Waals surface area contributed by atoms with Gasteiger partial charge in [0.25, 0.3) is 0 Å². The van der Waals surface area contributed by atoms with Crippen molar-refractivity contribution >= 4 is 17.4 Å². The molecule has 0 spiro atoms. The molecule has 0 aromatic carbocycles. The van der Waals surface area contributed by atoms with Gasteiger partial charge in [0.2, 0.25) is 5.91 Å². The summed E-state index contributed by atoms with van der Waals surface area (Å²) in [7, 11) is 2.13. The van der Waals surface area contributed by atoms with Gasteiger partial charge < -0.3 is 20.9 Å². The lowest BCUT2D eigenvalue weighted by molar-refractivity contribution is -0.116. The number of likely N-dealkylation sites (N-methyl/N-ethyl adjacent to an activating group) is 1. The molecule has 6 heteroatoms. The molecule has 1 saturated heterocycles. The van der Waals surface area contributed by atoms with Gasteiger partial charge in [-0.1, -0.05) is 0 Å². The lowest BCUT2D eigenvalue weighted by Gasteiger charge is -2.33. The Labute approximate surface area is 120 Å². The molecule has 0 radical (unpaired) electrons. The van der Waals surface area contributed by atoms with Crippen molar-refractivity contribution < 1.29 is 4.79 Å². The van der Waals surface area contributed by atoms with Crippen LogP contribution in [0.3, 0.4) is 0 Å². The Morgan fingerprint density at radius 1 is 1.35 bits per heavy atom. The SMILES string of the molecule is CN1CCN(c2ccc(NC(=O)CCCN)nc2)CC1. The molecule has 0 atom stereocenters. The van der Waals surface area contributed by atoms with Gasteiger partial charge in [0.1, 0.15) is 5.82 Å². The number of carbonyl (C=O) groups is 1. The molecule has 1 amide bonds. The molecule has 1 fully saturated rings. The summed E-state index contributed by atoms with van der Waals surface area (Å²) in [5, 5.41) is 2.78. The van der Waals surface area contributed by atoms with Crippen molar-refractivity contribution in [2.75, 3.05) is 50.0 Å². The number of piperazine rings is 1. The van der Waals surface area contributed by atoms with Crippen LogP contribution in [0.15, 0.2) is 18.3 Å². The fourth-order valence-corrected chi connectivity index (χ4v) is 2.18. The predicted octanol–water partition coefficient (Wildman–Crippen LogP) is 0.511. The standard InChI is InChI=1S/C14H23N5O/c1-18-7-9-19(10-8-18)12-4-5-13(16-11-12)17-14(20)3-2-6-15/h4-5,11H,2-3,6-10,15H2,1H3,(H,16,17,20). The first-order valence-electron chi connectivity index (χ1n) is 7.08. The summed E-state index contributed by atoms with van der Waals surface area (Å²) in [5.74, 6) is 0.570. The maximum absolute atomic E-state index is 11.6. The Morgan fingerprint density at radius 3 is 2.70 bits per heavy atom. The van der Waals surface area contributed by atoms with Crippen LogP contribution >= 0.6 is 0 Å². The average molecular weight is 277 g/mol. The van der Waals surface area contributed by atoms with E-state index in [1.54, 1.807) is 0 Å². The molecule has 20 heavy (non-hydrogen) atoms. The van der Waals surface area contributed by atoms with E-state index in [0.717, 1.165) is 31.9 Å². The molecule has 0 saturated carbocycles. The number of hydrogen-bond donors (Lipinski definition) is 2. The van der Waals surface area contributed by atoms with E-state index in [4.69, 9.17) is 5.73 Å². The fraction of sp³-hybridized carbons (Fsp3) is 0.571. The Morgan fingerprint density at radius 2 is 2.10 bits per heavy atom. The van der Waals surface area contributed by atoms with Gasteiger partial charge in [0, 0.05) is 32.6 Å². The summed E-state index contributed by atoms with van der Waals surface area (Å²) in [6.07, 6.45) is 2.97. The van der Waals surface area contributed by atoms with Gasteiger partial charge >= 0.3 is 0 Å². The summed E-state index contributed by atoms with van der Waals surface area (Å²) in [6, 6.07) is 3.87. The van der Waals surface area contributed by atoms with Crippen LogP contribution in [-0.2, 0) is 4.79 Å². The quantitative estimate of drug-likeness (QED) is 0.820. The van der Waals surface area contributed by atoms with Gasteiger partial charge in [-0.2, -0.15) is 0 Å². The van der Waals surface area contributed by atoms with Crippen molar-refractivity contribution in [1.82, 2.24) is 9.88 Å². The Hall–Kier alpha value is -1.66. The number of pyridine rings is 1. The molecule has 1 aliphatic rings. The smallest absolute Gasteiger partial charge is 0.225 e. The minimum atomic E-state index is -0.0321. The largest absolute Gasteiger partial charge is 0.368 e. The number of nitrogens with one attached hydrogen (secondary N) is 1. The van der Waals surface area contributed by atoms with Crippen LogP contribution in [0.2, 0.25) is 0 Å². The molecule has 1 aromatic heterocycles. The van der Waals surface area contributed by atoms with Crippen molar-refractivity contribution in [2.45, 2.75) is 12.8 Å². The summed E-state index contributed by atoms with van der Waals surface area (Å²) in [6.45, 7) is 4.69. The average Bonchev–Trinajstić information content (AvgIpc) is 2.47. The van der Waals surface area contributed by atoms with E-state index < -0.39 is 0 Å². The Balaban J connectivity index is 1.88. The molecule has 0 aliphatic carbocycles. The summed E-state index contributed by atoms with van der Waals surface area (Å²) in [4.78, 5) is 20.5. The van der Waals surface area contributed by atoms with Gasteiger partial charge in [0.05, 0.1) is 11.9 Å². The topological polar surface area (TPSA) is 74.5 Å². The first kappa shape index (κ1) is 14.7. The lowest BCUT2D eigenvalue weighted by Crippen LogP contribution is -2.44. The normalized spacial score (nSPS) is 16.2. The second kappa shape index (κ2) is 7.21. The molecular formula is C14H23N5O. The second-order valence-electron chi connectivity index (χ2n) is 5.13. The second-order valence-corrected chi connectivity index (χ2v) is 5.13. The molecule has 3 N–H and O–H groups in total. The van der Waals surface area contributed by atoms with Crippen molar-refractivity contribution in [3.63, 3.8) is 0 Å². The van der Waals surface area contributed by atoms with E-state index in [9.17, 15) is 4.79 Å². The number of anilines is 2. The molecular weight excluding hydrogens is 254 g/mol. The monoisotopic (exact) mass is 277 g/mol. The van der Waals surface area contributed by atoms with Gasteiger partial charge in [-0.05, 0) is 32.1 Å². The van der Waals surface area contributed by atoms with Crippen LogP contribution in [0.5, 0.6) is 0 Å². The molecule has 110 valence electrons. The van der Waals surface area contributed by atoms with E-state index in [0.29, 0.717) is 25.2 Å². The number of carbonyl (C=O) groups excluding carboxylic acids is 1. The number of rotatable bonds is 5. The van der Waals surface area contributed by atoms with E-state index >= 15 is 0 Å². The van der Waals surface area contributed by atoms with E-state index in [2.05, 4.69) is 27.1 Å². The third-order valence-corrected chi connectivity index (χ3v) is 3.49. The van der Waals surface area contributed by atoms with Crippen LogP contribution in [0, 0.1) is 0 Å². The number of amides is 1. The van der Waals surface area contributed by atoms with E-state index in [1.807, 2.05) is 18.3 Å². The number of nitrogens with zero attached hydrogens (tertiary/aromatic N) is 3. The summed E-state index contributed by atoms with van der Waals surface area (Å²) >= 11 is 0. The lowest BCUT2D eigenvalue weighted by atomic mass is 10.2. The van der Waals surface area contributed by atoms with Crippen LogP contribution in [-0.4, -0.2) is 55.6 Å². The number of nitrogens with two attached hydrogens (primary N) is 1. The fourth-order valence-electron chi connectivity index (χ4n) is 2.18. The maximum Gasteiger partial charge on any atom is 0.225 e. The van der Waals surface area contributed by atoms with Crippen LogP contribution in [0.4, 0.5) is 11.5 Å². The zero-order chi connectivity index (χ0) is 14.4. The van der Waals surface area contributed by atoms with E-state index in [-0.39, 0.29) is 5.91 Å². The third-order valence-electron chi connectivity index (χ3n) is 3.49. The number of hydrogen-bond acceptors (Lipinski definition) is 5. The highest BCUT2D eigenvalue weighted by atomic mass is 16.1. The number of aromatic nitrogens is 1. The maximum atomic E-state index is 11.6. The molecule has 0 bridgehead atoms. The van der Waals surface area contributed by atoms with Crippen molar-refractivity contribution in [3.05, 3.63) is 18.3 Å². The molecule has 1 aromatic rings. The molecule has 6 nitrogen and oxygen atoms in total. The minimum absolute atomic E-state index is 0.0321. The first-order valence-corrected chi connectivity index (χ1v) is 7.08. The zero-order valence-electron chi connectivity index (χ0n) is 12.0. The van der Waals surface area contributed by atoms with Crippen LogP contribution in [0.1, 0.15) is 12.8 Å². The van der Waals surface area contributed by atoms with Crippen molar-refractivity contribution in [3.8, 4) is 0 Å². The zero-order valence-corrected chi connectivity index (χ0v) is 12.0. The summed E-state index contributed by atoms with van der Waals surface area (Å²) in [5.41, 5.74) is 6.49. The summed E-state index contributed by atoms with van der Waals surface area (Å²) < 4.78 is 0. The minimum Gasteiger partial charge on any atom is -0.368 e. The molecule has 2 heterocycles. The Bertz CT molecular complexity index is 426. The van der Waals surface area contributed by atoms with Gasteiger partial charge in [-0.25, -0.2) is 4.98 Å². The van der Waals surface area contributed by atoms with Gasteiger partial charge in [0.15, 0.2) is 0 Å². The molecule has 2 rings (SSSR count). The highest BCUT2D eigenvalue weighted by molar-refractivity contribution is 5.89. The van der Waals surface area contributed by atoms with Crippen LogP contribution in [0.25, 0.3) is 0 Å². The highest BCUT2D eigenvalue weighted by Gasteiger charge is 2.14. The Kier molecular flexibility index (Phi) is 5.31. The predicted molar refractivity (Wildman–Crippen MR) is 80.9 cm³/mol. The third kappa shape index (κ3) is 4.18. The van der Waals surface area contributed by atoms with Crippen LogP contribution < -0.4 is 16.0 Å². The molecule has 1 aliphatic heterocycles. The van der Waals surface area contributed by atoms with E-state index in [1.165, 1.54) is 0 Å².